The highest BCUT2D eigenvalue weighted by Crippen LogP contribution is 2.31. The van der Waals surface area contributed by atoms with Crippen LogP contribution in [0.3, 0.4) is 0 Å². The SMILES string of the molecule is NC(=S)c1ccc(Oc2ccccc2CO)c(Cl)c1. The van der Waals surface area contributed by atoms with Crippen LogP contribution in [0.15, 0.2) is 42.5 Å². The lowest BCUT2D eigenvalue weighted by atomic mass is 10.2. The van der Waals surface area contributed by atoms with Crippen LogP contribution >= 0.6 is 23.8 Å². The van der Waals surface area contributed by atoms with Crippen molar-refractivity contribution in [3.63, 3.8) is 0 Å². The Labute approximate surface area is 121 Å². The summed E-state index contributed by atoms with van der Waals surface area (Å²) in [6.45, 7) is -0.0985. The van der Waals surface area contributed by atoms with E-state index < -0.39 is 0 Å². The monoisotopic (exact) mass is 293 g/mol. The van der Waals surface area contributed by atoms with Crippen molar-refractivity contribution in [3.05, 3.63) is 58.6 Å². The van der Waals surface area contributed by atoms with Crippen molar-refractivity contribution < 1.29 is 9.84 Å². The summed E-state index contributed by atoms with van der Waals surface area (Å²) in [7, 11) is 0. The topological polar surface area (TPSA) is 55.5 Å². The predicted molar refractivity (Wildman–Crippen MR) is 79.8 cm³/mol. The third-order valence-electron chi connectivity index (χ3n) is 2.58. The molecule has 3 N–H and O–H groups in total. The molecule has 0 bridgehead atoms. The van der Waals surface area contributed by atoms with E-state index in [1.54, 1.807) is 30.3 Å². The predicted octanol–water partition coefficient (Wildman–Crippen LogP) is 3.26. The van der Waals surface area contributed by atoms with Crippen LogP contribution in [0.1, 0.15) is 11.1 Å². The average molecular weight is 294 g/mol. The smallest absolute Gasteiger partial charge is 0.146 e. The van der Waals surface area contributed by atoms with Crippen LogP contribution in [0.5, 0.6) is 11.5 Å². The second kappa shape index (κ2) is 6.02. The van der Waals surface area contributed by atoms with Crippen LogP contribution in [0, 0.1) is 0 Å². The number of aliphatic hydroxyl groups excluding tert-OH is 1. The minimum atomic E-state index is -0.0985. The Kier molecular flexibility index (Phi) is 4.37. The van der Waals surface area contributed by atoms with E-state index in [1.807, 2.05) is 12.1 Å². The molecule has 0 fully saturated rings. The van der Waals surface area contributed by atoms with Crippen LogP contribution in [0.4, 0.5) is 0 Å². The number of ether oxygens (including phenoxy) is 1. The van der Waals surface area contributed by atoms with Crippen LogP contribution in [-0.2, 0) is 6.61 Å². The van der Waals surface area contributed by atoms with E-state index in [0.29, 0.717) is 27.6 Å². The van der Waals surface area contributed by atoms with E-state index in [9.17, 15) is 5.11 Å². The number of hydrogen-bond acceptors (Lipinski definition) is 3. The van der Waals surface area contributed by atoms with E-state index in [-0.39, 0.29) is 11.6 Å². The van der Waals surface area contributed by atoms with Gasteiger partial charge < -0.3 is 15.6 Å². The van der Waals surface area contributed by atoms with Gasteiger partial charge in [-0.1, -0.05) is 42.0 Å². The molecule has 3 nitrogen and oxygen atoms in total. The molecule has 19 heavy (non-hydrogen) atoms. The van der Waals surface area contributed by atoms with Gasteiger partial charge in [-0.3, -0.25) is 0 Å². The fraction of sp³-hybridized carbons (Fsp3) is 0.0714. The van der Waals surface area contributed by atoms with Crippen LogP contribution in [0.2, 0.25) is 5.02 Å². The summed E-state index contributed by atoms with van der Waals surface area (Å²) in [6.07, 6.45) is 0. The summed E-state index contributed by atoms with van der Waals surface area (Å²) in [5.74, 6) is 1.05. The number of benzene rings is 2. The van der Waals surface area contributed by atoms with Gasteiger partial charge in [-0.15, -0.1) is 0 Å². The quantitative estimate of drug-likeness (QED) is 0.850. The van der Waals surface area contributed by atoms with Gasteiger partial charge in [0, 0.05) is 11.1 Å². The zero-order valence-corrected chi connectivity index (χ0v) is 11.5. The Morgan fingerprint density at radius 2 is 1.95 bits per heavy atom. The molecule has 5 heteroatoms. The first-order chi connectivity index (χ1) is 9.11. The zero-order chi connectivity index (χ0) is 13.8. The fourth-order valence-electron chi connectivity index (χ4n) is 1.59. The molecule has 0 aliphatic rings. The molecular formula is C14H12ClNO2S. The Bertz CT molecular complexity index is 616. The first kappa shape index (κ1) is 13.8. The molecule has 2 aromatic rings. The van der Waals surface area contributed by atoms with Crippen LogP contribution in [0.25, 0.3) is 0 Å². The minimum Gasteiger partial charge on any atom is -0.455 e. The number of hydrogen-bond donors (Lipinski definition) is 2. The third-order valence-corrected chi connectivity index (χ3v) is 3.11. The number of halogens is 1. The maximum atomic E-state index is 9.24. The lowest BCUT2D eigenvalue weighted by molar-refractivity contribution is 0.276. The number of aliphatic hydroxyl groups is 1. The Morgan fingerprint density at radius 1 is 1.21 bits per heavy atom. The molecule has 2 aromatic carbocycles. The molecule has 0 aromatic heterocycles. The van der Waals surface area contributed by atoms with Gasteiger partial charge in [0.1, 0.15) is 16.5 Å². The largest absolute Gasteiger partial charge is 0.455 e. The maximum Gasteiger partial charge on any atom is 0.146 e. The number of rotatable bonds is 4. The van der Waals surface area contributed by atoms with Crippen molar-refractivity contribution in [3.8, 4) is 11.5 Å². The Hall–Kier alpha value is -1.62. The van der Waals surface area contributed by atoms with Crippen molar-refractivity contribution in [1.29, 1.82) is 0 Å². The van der Waals surface area contributed by atoms with Gasteiger partial charge in [0.15, 0.2) is 0 Å². The van der Waals surface area contributed by atoms with Crippen LogP contribution < -0.4 is 10.5 Å². The highest BCUT2D eigenvalue weighted by Gasteiger charge is 2.08. The second-order valence-corrected chi connectivity index (χ2v) is 4.72. The molecule has 0 unspecified atom stereocenters. The minimum absolute atomic E-state index is 0.0985. The van der Waals surface area contributed by atoms with Gasteiger partial charge >= 0.3 is 0 Å². The van der Waals surface area contributed by atoms with Gasteiger partial charge in [-0.05, 0) is 24.3 Å². The Balaban J connectivity index is 2.31. The maximum absolute atomic E-state index is 9.24. The van der Waals surface area contributed by atoms with E-state index in [2.05, 4.69) is 0 Å². The van der Waals surface area contributed by atoms with Crippen molar-refractivity contribution in [1.82, 2.24) is 0 Å². The van der Waals surface area contributed by atoms with Crippen molar-refractivity contribution in [2.45, 2.75) is 6.61 Å². The first-order valence-electron chi connectivity index (χ1n) is 5.58. The molecule has 2 rings (SSSR count). The van der Waals surface area contributed by atoms with E-state index in [1.165, 1.54) is 0 Å². The fourth-order valence-corrected chi connectivity index (χ4v) is 1.94. The third kappa shape index (κ3) is 3.23. The van der Waals surface area contributed by atoms with E-state index in [4.69, 9.17) is 34.3 Å². The lowest BCUT2D eigenvalue weighted by Gasteiger charge is -2.11. The summed E-state index contributed by atoms with van der Waals surface area (Å²) in [6, 6.07) is 12.3. The first-order valence-corrected chi connectivity index (χ1v) is 6.36. The summed E-state index contributed by atoms with van der Waals surface area (Å²) in [4.78, 5) is 0.282. The van der Waals surface area contributed by atoms with Gasteiger partial charge in [0.25, 0.3) is 0 Å². The van der Waals surface area contributed by atoms with Crippen LogP contribution in [-0.4, -0.2) is 10.1 Å². The molecule has 0 aliphatic carbocycles. The van der Waals surface area contributed by atoms with E-state index in [0.717, 1.165) is 0 Å². The number of para-hydroxylation sites is 1. The molecule has 0 amide bonds. The molecule has 0 spiro atoms. The van der Waals surface area contributed by atoms with Gasteiger partial charge in [-0.2, -0.15) is 0 Å². The molecule has 0 radical (unpaired) electrons. The molecule has 0 atom stereocenters. The molecule has 0 heterocycles. The highest BCUT2D eigenvalue weighted by molar-refractivity contribution is 7.80. The average Bonchev–Trinajstić information content (AvgIpc) is 2.41. The summed E-state index contributed by atoms with van der Waals surface area (Å²) in [5, 5.41) is 9.65. The van der Waals surface area contributed by atoms with Gasteiger partial charge in [0.05, 0.1) is 11.6 Å². The number of thiocarbonyl (C=S) groups is 1. The van der Waals surface area contributed by atoms with Gasteiger partial charge in [-0.25, -0.2) is 0 Å². The number of nitrogens with two attached hydrogens (primary N) is 1. The summed E-state index contributed by atoms with van der Waals surface area (Å²) >= 11 is 11.0. The van der Waals surface area contributed by atoms with Crippen molar-refractivity contribution in [2.24, 2.45) is 5.73 Å². The molecule has 0 aliphatic heterocycles. The van der Waals surface area contributed by atoms with Gasteiger partial charge in [0.2, 0.25) is 0 Å². The normalized spacial score (nSPS) is 10.2. The molecular weight excluding hydrogens is 282 g/mol. The lowest BCUT2D eigenvalue weighted by Crippen LogP contribution is -2.09. The molecule has 98 valence electrons. The molecule has 0 saturated carbocycles. The highest BCUT2D eigenvalue weighted by atomic mass is 35.5. The van der Waals surface area contributed by atoms with E-state index >= 15 is 0 Å². The summed E-state index contributed by atoms with van der Waals surface area (Å²) in [5.41, 5.74) is 6.90. The zero-order valence-electron chi connectivity index (χ0n) is 9.97. The Morgan fingerprint density at radius 3 is 2.58 bits per heavy atom. The van der Waals surface area contributed by atoms with Crippen molar-refractivity contribution in [2.75, 3.05) is 0 Å². The second-order valence-electron chi connectivity index (χ2n) is 3.88. The standard InChI is InChI=1S/C14H12ClNO2S/c15-11-7-9(14(16)19)5-6-13(11)18-12-4-2-1-3-10(12)8-17/h1-7,17H,8H2,(H2,16,19). The molecule has 0 saturated heterocycles. The van der Waals surface area contributed by atoms with Crippen molar-refractivity contribution >= 4 is 28.8 Å². The summed E-state index contributed by atoms with van der Waals surface area (Å²) < 4.78 is 5.69.